The molecule has 2 N–H and O–H groups in total. The third-order valence-corrected chi connectivity index (χ3v) is 4.25. The van der Waals surface area contributed by atoms with Gasteiger partial charge in [-0.1, -0.05) is 19.1 Å². The molecule has 1 aromatic carbocycles. The van der Waals surface area contributed by atoms with Crippen molar-refractivity contribution in [2.75, 3.05) is 17.6 Å². The van der Waals surface area contributed by atoms with E-state index in [4.69, 9.17) is 0 Å². The second kappa shape index (κ2) is 6.61. The van der Waals surface area contributed by atoms with Crippen molar-refractivity contribution in [2.45, 2.75) is 25.0 Å². The lowest BCUT2D eigenvalue weighted by atomic mass is 10.1. The third-order valence-electron chi connectivity index (χ3n) is 3.03. The Morgan fingerprint density at radius 1 is 1.42 bits per heavy atom. The molecule has 0 unspecified atom stereocenters. The quantitative estimate of drug-likeness (QED) is 0.883. The average Bonchev–Trinajstić information content (AvgIpc) is 2.42. The molecule has 0 spiro atoms. The summed E-state index contributed by atoms with van der Waals surface area (Å²) in [5.74, 6) is 0.723. The van der Waals surface area contributed by atoms with Crippen molar-refractivity contribution in [3.8, 4) is 0 Å². The molecule has 1 fully saturated rings. The Morgan fingerprint density at radius 3 is 2.79 bits per heavy atom. The molecule has 1 aliphatic rings. The van der Waals surface area contributed by atoms with E-state index in [9.17, 15) is 9.59 Å². The third kappa shape index (κ3) is 3.99. The first kappa shape index (κ1) is 13.9. The Balaban J connectivity index is 1.87. The Morgan fingerprint density at radius 2 is 2.16 bits per heavy atom. The van der Waals surface area contributed by atoms with E-state index in [-0.39, 0.29) is 23.5 Å². The van der Waals surface area contributed by atoms with Gasteiger partial charge in [-0.2, -0.15) is 0 Å². The molecule has 1 heterocycles. The van der Waals surface area contributed by atoms with Crippen LogP contribution in [-0.4, -0.2) is 29.4 Å². The zero-order valence-electron chi connectivity index (χ0n) is 10.9. The van der Waals surface area contributed by atoms with Crippen molar-refractivity contribution < 1.29 is 9.59 Å². The maximum atomic E-state index is 11.9. The van der Waals surface area contributed by atoms with Crippen LogP contribution in [0.3, 0.4) is 0 Å². The monoisotopic (exact) mass is 278 g/mol. The lowest BCUT2D eigenvalue weighted by Crippen LogP contribution is -2.40. The van der Waals surface area contributed by atoms with Crippen LogP contribution in [0.15, 0.2) is 24.3 Å². The predicted molar refractivity (Wildman–Crippen MR) is 78.3 cm³/mol. The standard InChI is InChI=1S/C14H18N2O2S/c1-2-10-3-5-11(6-4-10)16-13(17)9-12-14(18)15-7-8-19-12/h3-6,12H,2,7-9H2,1H3,(H,15,18)(H,16,17)/t12-/m0/s1. The van der Waals surface area contributed by atoms with Crippen LogP contribution in [0.25, 0.3) is 0 Å². The molecule has 5 heteroatoms. The second-order valence-corrected chi connectivity index (χ2v) is 5.76. The number of carbonyl (C=O) groups excluding carboxylic acids is 2. The van der Waals surface area contributed by atoms with Crippen molar-refractivity contribution in [2.24, 2.45) is 0 Å². The Hall–Kier alpha value is -1.49. The molecular formula is C14H18N2O2S. The van der Waals surface area contributed by atoms with Gasteiger partial charge in [0.1, 0.15) is 0 Å². The van der Waals surface area contributed by atoms with E-state index in [1.165, 1.54) is 5.56 Å². The summed E-state index contributed by atoms with van der Waals surface area (Å²) in [6.07, 6.45) is 1.21. The van der Waals surface area contributed by atoms with E-state index >= 15 is 0 Å². The predicted octanol–water partition coefficient (Wildman–Crippen LogP) is 1.81. The SMILES string of the molecule is CCc1ccc(NC(=O)C[C@@H]2SCCNC2=O)cc1. The van der Waals surface area contributed by atoms with Gasteiger partial charge in [0, 0.05) is 24.4 Å². The van der Waals surface area contributed by atoms with Crippen molar-refractivity contribution in [3.05, 3.63) is 29.8 Å². The van der Waals surface area contributed by atoms with Crippen LogP contribution in [0.1, 0.15) is 18.9 Å². The molecule has 1 saturated heterocycles. The van der Waals surface area contributed by atoms with Crippen LogP contribution >= 0.6 is 11.8 Å². The maximum absolute atomic E-state index is 11.9. The highest BCUT2D eigenvalue weighted by molar-refractivity contribution is 8.00. The van der Waals surface area contributed by atoms with Gasteiger partial charge in [0.05, 0.1) is 5.25 Å². The highest BCUT2D eigenvalue weighted by Crippen LogP contribution is 2.19. The first-order chi connectivity index (χ1) is 9.19. The smallest absolute Gasteiger partial charge is 0.233 e. The summed E-state index contributed by atoms with van der Waals surface area (Å²) in [5.41, 5.74) is 2.02. The van der Waals surface area contributed by atoms with Gasteiger partial charge < -0.3 is 10.6 Å². The van der Waals surface area contributed by atoms with Gasteiger partial charge in [0.15, 0.2) is 0 Å². The molecule has 1 aromatic rings. The number of carbonyl (C=O) groups is 2. The summed E-state index contributed by atoms with van der Waals surface area (Å²) in [5, 5.41) is 5.34. The van der Waals surface area contributed by atoms with Gasteiger partial charge in [-0.3, -0.25) is 9.59 Å². The largest absolute Gasteiger partial charge is 0.354 e. The lowest BCUT2D eigenvalue weighted by molar-refractivity contribution is -0.123. The van der Waals surface area contributed by atoms with Gasteiger partial charge >= 0.3 is 0 Å². The summed E-state index contributed by atoms with van der Waals surface area (Å²) in [6, 6.07) is 7.78. The van der Waals surface area contributed by atoms with E-state index in [0.29, 0.717) is 6.54 Å². The normalized spacial score (nSPS) is 18.8. The number of rotatable bonds is 4. The summed E-state index contributed by atoms with van der Waals surface area (Å²) in [7, 11) is 0. The van der Waals surface area contributed by atoms with E-state index in [1.807, 2.05) is 24.3 Å². The molecule has 0 saturated carbocycles. The van der Waals surface area contributed by atoms with Crippen molar-refractivity contribution in [1.29, 1.82) is 0 Å². The van der Waals surface area contributed by atoms with Gasteiger partial charge in [-0.25, -0.2) is 0 Å². The molecule has 0 radical (unpaired) electrons. The number of aryl methyl sites for hydroxylation is 1. The van der Waals surface area contributed by atoms with Gasteiger partial charge in [-0.05, 0) is 24.1 Å². The molecule has 0 aromatic heterocycles. The van der Waals surface area contributed by atoms with Gasteiger partial charge in [0.25, 0.3) is 0 Å². The van der Waals surface area contributed by atoms with Crippen molar-refractivity contribution in [1.82, 2.24) is 5.32 Å². The van der Waals surface area contributed by atoms with Crippen molar-refractivity contribution >= 4 is 29.3 Å². The molecule has 1 atom stereocenters. The Kier molecular flexibility index (Phi) is 4.85. The van der Waals surface area contributed by atoms with Crippen LogP contribution in [-0.2, 0) is 16.0 Å². The van der Waals surface area contributed by atoms with Crippen LogP contribution in [0.5, 0.6) is 0 Å². The molecule has 2 rings (SSSR count). The molecule has 102 valence electrons. The zero-order valence-corrected chi connectivity index (χ0v) is 11.8. The number of hydrogen-bond acceptors (Lipinski definition) is 3. The first-order valence-electron chi connectivity index (χ1n) is 6.47. The Labute approximate surface area is 117 Å². The summed E-state index contributed by atoms with van der Waals surface area (Å²) in [4.78, 5) is 23.4. The van der Waals surface area contributed by atoms with Crippen LogP contribution in [0, 0.1) is 0 Å². The minimum absolute atomic E-state index is 0.0345. The second-order valence-electron chi connectivity index (χ2n) is 4.45. The zero-order chi connectivity index (χ0) is 13.7. The lowest BCUT2D eigenvalue weighted by Gasteiger charge is -2.20. The van der Waals surface area contributed by atoms with E-state index in [1.54, 1.807) is 11.8 Å². The maximum Gasteiger partial charge on any atom is 0.233 e. The van der Waals surface area contributed by atoms with Crippen LogP contribution in [0.2, 0.25) is 0 Å². The minimum Gasteiger partial charge on any atom is -0.354 e. The summed E-state index contributed by atoms with van der Waals surface area (Å²) >= 11 is 1.54. The van der Waals surface area contributed by atoms with Gasteiger partial charge in [0.2, 0.25) is 11.8 Å². The first-order valence-corrected chi connectivity index (χ1v) is 7.52. The van der Waals surface area contributed by atoms with E-state index in [0.717, 1.165) is 17.9 Å². The number of anilines is 1. The number of thioether (sulfide) groups is 1. The van der Waals surface area contributed by atoms with Gasteiger partial charge in [-0.15, -0.1) is 11.8 Å². The van der Waals surface area contributed by atoms with E-state index < -0.39 is 0 Å². The average molecular weight is 278 g/mol. The molecule has 0 aliphatic carbocycles. The number of amides is 2. The van der Waals surface area contributed by atoms with Crippen LogP contribution < -0.4 is 10.6 Å². The number of hydrogen-bond donors (Lipinski definition) is 2. The fourth-order valence-corrected chi connectivity index (χ4v) is 2.93. The molecule has 1 aliphatic heterocycles. The molecule has 19 heavy (non-hydrogen) atoms. The fraction of sp³-hybridized carbons (Fsp3) is 0.429. The fourth-order valence-electron chi connectivity index (χ4n) is 1.92. The highest BCUT2D eigenvalue weighted by atomic mass is 32.2. The minimum atomic E-state index is -0.260. The molecule has 2 amide bonds. The molecular weight excluding hydrogens is 260 g/mol. The number of benzene rings is 1. The Bertz CT molecular complexity index is 459. The molecule has 4 nitrogen and oxygen atoms in total. The summed E-state index contributed by atoms with van der Waals surface area (Å²) < 4.78 is 0. The topological polar surface area (TPSA) is 58.2 Å². The van der Waals surface area contributed by atoms with Crippen molar-refractivity contribution in [3.63, 3.8) is 0 Å². The number of nitrogens with one attached hydrogen (secondary N) is 2. The van der Waals surface area contributed by atoms with Crippen LogP contribution in [0.4, 0.5) is 5.69 Å². The molecule has 0 bridgehead atoms. The van der Waals surface area contributed by atoms with E-state index in [2.05, 4.69) is 17.6 Å². The highest BCUT2D eigenvalue weighted by Gasteiger charge is 2.25. The summed E-state index contributed by atoms with van der Waals surface area (Å²) in [6.45, 7) is 2.78.